The number of benzene rings is 1. The molecule has 0 saturated carbocycles. The topological polar surface area (TPSA) is 24.3 Å². The molecule has 3 aliphatic rings. The molecule has 1 aromatic heterocycles. The number of imidazole rings is 1. The van der Waals surface area contributed by atoms with Gasteiger partial charge in [0.25, 0.3) is 0 Å². The summed E-state index contributed by atoms with van der Waals surface area (Å²) in [6, 6.07) is 9.23. The third-order valence-electron chi connectivity index (χ3n) is 5.40. The minimum absolute atomic E-state index is 0.703. The largest absolute Gasteiger partial charge is 0.327 e. The predicted octanol–water partition coefficient (Wildman–Crippen LogP) is 2.58. The summed E-state index contributed by atoms with van der Waals surface area (Å²) >= 11 is 0. The Morgan fingerprint density at radius 2 is 2.00 bits per heavy atom. The summed E-state index contributed by atoms with van der Waals surface area (Å²) in [4.78, 5) is 10.1. The van der Waals surface area contributed by atoms with Crippen molar-refractivity contribution in [3.63, 3.8) is 0 Å². The van der Waals surface area contributed by atoms with Gasteiger partial charge < -0.3 is 9.47 Å². The molecule has 2 bridgehead atoms. The molecule has 2 aromatic rings. The summed E-state index contributed by atoms with van der Waals surface area (Å²) < 4.78 is 2.39. The zero-order chi connectivity index (χ0) is 15.1. The molecule has 3 aliphatic heterocycles. The van der Waals surface area contributed by atoms with Crippen molar-refractivity contribution in [1.82, 2.24) is 19.4 Å². The first-order valence-electron chi connectivity index (χ1n) is 8.61. The van der Waals surface area contributed by atoms with Gasteiger partial charge in [0.05, 0.1) is 17.6 Å². The van der Waals surface area contributed by atoms with Gasteiger partial charge in [-0.25, -0.2) is 4.98 Å². The number of fused-ring (bicyclic) bond motifs is 5. The number of rotatable bonds is 3. The van der Waals surface area contributed by atoms with E-state index in [0.717, 1.165) is 24.5 Å². The van der Waals surface area contributed by atoms with Crippen LogP contribution in [0.15, 0.2) is 24.3 Å². The molecule has 3 fully saturated rings. The van der Waals surface area contributed by atoms with E-state index < -0.39 is 0 Å². The summed E-state index contributed by atoms with van der Waals surface area (Å²) in [5.41, 5.74) is 2.41. The van der Waals surface area contributed by atoms with Crippen LogP contribution in [0, 0.1) is 5.92 Å². The lowest BCUT2D eigenvalue weighted by molar-refractivity contribution is 0.120. The molecule has 5 rings (SSSR count). The van der Waals surface area contributed by atoms with E-state index in [0.29, 0.717) is 6.04 Å². The molecule has 0 amide bonds. The van der Waals surface area contributed by atoms with Crippen LogP contribution in [0.1, 0.15) is 25.6 Å². The van der Waals surface area contributed by atoms with Crippen molar-refractivity contribution in [1.29, 1.82) is 0 Å². The van der Waals surface area contributed by atoms with Gasteiger partial charge in [0, 0.05) is 32.2 Å². The highest BCUT2D eigenvalue weighted by Crippen LogP contribution is 2.29. The first-order chi connectivity index (χ1) is 10.7. The maximum absolute atomic E-state index is 4.92. The Balaban J connectivity index is 1.63. The van der Waals surface area contributed by atoms with Crippen molar-refractivity contribution in [3.8, 4) is 0 Å². The van der Waals surface area contributed by atoms with E-state index in [1.54, 1.807) is 0 Å². The highest BCUT2D eigenvalue weighted by atomic mass is 15.3. The summed E-state index contributed by atoms with van der Waals surface area (Å²) in [5.74, 6) is 2.07. The number of piperidine rings is 1. The third kappa shape index (κ3) is 2.44. The van der Waals surface area contributed by atoms with Crippen LogP contribution in [0.25, 0.3) is 11.0 Å². The Bertz CT molecular complexity index is 662. The van der Waals surface area contributed by atoms with Gasteiger partial charge in [-0.2, -0.15) is 0 Å². The molecule has 0 unspecified atom stereocenters. The highest BCUT2D eigenvalue weighted by molar-refractivity contribution is 5.75. The Labute approximate surface area is 132 Å². The second-order valence-electron chi connectivity index (χ2n) is 7.01. The van der Waals surface area contributed by atoms with E-state index in [4.69, 9.17) is 4.98 Å². The third-order valence-corrected chi connectivity index (χ3v) is 5.40. The molecule has 4 nitrogen and oxygen atoms in total. The molecule has 118 valence electrons. The van der Waals surface area contributed by atoms with E-state index in [1.165, 1.54) is 43.8 Å². The molecule has 0 spiro atoms. The lowest BCUT2D eigenvalue weighted by Crippen LogP contribution is -2.43. The van der Waals surface area contributed by atoms with Crippen LogP contribution in [-0.4, -0.2) is 52.1 Å². The number of para-hydroxylation sites is 2. The molecule has 0 N–H and O–H groups in total. The number of hydrogen-bond acceptors (Lipinski definition) is 3. The van der Waals surface area contributed by atoms with E-state index in [-0.39, 0.29) is 0 Å². The van der Waals surface area contributed by atoms with Crippen molar-refractivity contribution in [2.45, 2.75) is 38.9 Å². The van der Waals surface area contributed by atoms with Crippen LogP contribution in [0.2, 0.25) is 0 Å². The van der Waals surface area contributed by atoms with Gasteiger partial charge in [0.1, 0.15) is 5.82 Å². The first kappa shape index (κ1) is 14.2. The van der Waals surface area contributed by atoms with Gasteiger partial charge in [-0.05, 0) is 44.9 Å². The summed E-state index contributed by atoms with van der Waals surface area (Å²) in [6.07, 6.45) is 2.75. The SMILES string of the molecule is CCn1c(CN2C[C@@H]3CC[C@H]2CN(C)C3)nc2ccccc21. The van der Waals surface area contributed by atoms with Gasteiger partial charge in [-0.1, -0.05) is 12.1 Å². The first-order valence-corrected chi connectivity index (χ1v) is 8.61. The van der Waals surface area contributed by atoms with E-state index in [9.17, 15) is 0 Å². The molecule has 0 radical (unpaired) electrons. The van der Waals surface area contributed by atoms with E-state index in [1.807, 2.05) is 0 Å². The average molecular weight is 298 g/mol. The Morgan fingerprint density at radius 3 is 2.86 bits per heavy atom. The summed E-state index contributed by atoms with van der Waals surface area (Å²) in [7, 11) is 2.27. The average Bonchev–Trinajstić information content (AvgIpc) is 2.65. The molecule has 4 heteroatoms. The zero-order valence-corrected chi connectivity index (χ0v) is 13.7. The lowest BCUT2D eigenvalue weighted by atomic mass is 9.95. The van der Waals surface area contributed by atoms with Gasteiger partial charge in [0.15, 0.2) is 0 Å². The fourth-order valence-corrected chi connectivity index (χ4v) is 4.39. The van der Waals surface area contributed by atoms with Crippen molar-refractivity contribution < 1.29 is 0 Å². The molecule has 2 atom stereocenters. The number of likely N-dealkylation sites (N-methyl/N-ethyl adjacent to an activating group) is 1. The van der Waals surface area contributed by atoms with Crippen molar-refractivity contribution in [2.24, 2.45) is 5.92 Å². The number of nitrogens with zero attached hydrogens (tertiary/aromatic N) is 4. The zero-order valence-electron chi connectivity index (χ0n) is 13.7. The maximum Gasteiger partial charge on any atom is 0.124 e. The number of aryl methyl sites for hydroxylation is 1. The van der Waals surface area contributed by atoms with Crippen molar-refractivity contribution in [3.05, 3.63) is 30.1 Å². The monoisotopic (exact) mass is 298 g/mol. The standard InChI is InChI=1S/C18H26N4/c1-3-22-17-7-5-4-6-16(17)19-18(22)13-21-11-14-8-9-15(21)12-20(2)10-14/h4-7,14-15H,3,8-13H2,1-2H3/t14-,15+/m1/s1. The van der Waals surface area contributed by atoms with E-state index >= 15 is 0 Å². The van der Waals surface area contributed by atoms with Crippen molar-refractivity contribution in [2.75, 3.05) is 26.7 Å². The Kier molecular flexibility index (Phi) is 3.66. The molecule has 0 aliphatic carbocycles. The molecular formula is C18H26N4. The number of aromatic nitrogens is 2. The predicted molar refractivity (Wildman–Crippen MR) is 89.8 cm³/mol. The molecule has 4 heterocycles. The van der Waals surface area contributed by atoms with E-state index in [2.05, 4.69) is 52.6 Å². The van der Waals surface area contributed by atoms with Gasteiger partial charge in [0.2, 0.25) is 0 Å². The van der Waals surface area contributed by atoms with Gasteiger partial charge in [-0.15, -0.1) is 0 Å². The summed E-state index contributed by atoms with van der Waals surface area (Å²) in [5, 5.41) is 0. The van der Waals surface area contributed by atoms with Crippen LogP contribution >= 0.6 is 0 Å². The van der Waals surface area contributed by atoms with Crippen LogP contribution in [-0.2, 0) is 13.1 Å². The normalized spacial score (nSPS) is 26.6. The van der Waals surface area contributed by atoms with Crippen LogP contribution in [0.3, 0.4) is 0 Å². The Morgan fingerprint density at radius 1 is 1.14 bits per heavy atom. The van der Waals surface area contributed by atoms with Gasteiger partial charge >= 0.3 is 0 Å². The fraction of sp³-hybridized carbons (Fsp3) is 0.611. The second kappa shape index (κ2) is 5.67. The second-order valence-corrected chi connectivity index (χ2v) is 7.01. The fourth-order valence-electron chi connectivity index (χ4n) is 4.39. The minimum Gasteiger partial charge on any atom is -0.327 e. The van der Waals surface area contributed by atoms with Crippen LogP contribution in [0.5, 0.6) is 0 Å². The quantitative estimate of drug-likeness (QED) is 0.870. The van der Waals surface area contributed by atoms with Crippen molar-refractivity contribution >= 4 is 11.0 Å². The molecule has 3 saturated heterocycles. The lowest BCUT2D eigenvalue weighted by Gasteiger charge is -2.35. The minimum atomic E-state index is 0.703. The molecule has 1 aromatic carbocycles. The molecular weight excluding hydrogens is 272 g/mol. The smallest absolute Gasteiger partial charge is 0.124 e. The van der Waals surface area contributed by atoms with Crippen LogP contribution in [0.4, 0.5) is 0 Å². The Hall–Kier alpha value is -1.39. The van der Waals surface area contributed by atoms with Gasteiger partial charge in [-0.3, -0.25) is 4.90 Å². The molecule has 22 heavy (non-hydrogen) atoms. The van der Waals surface area contributed by atoms with Crippen LogP contribution < -0.4 is 0 Å². The summed E-state index contributed by atoms with van der Waals surface area (Å²) in [6.45, 7) is 7.93. The maximum atomic E-state index is 4.92. The highest BCUT2D eigenvalue weighted by Gasteiger charge is 2.34. The number of hydrogen-bond donors (Lipinski definition) is 0.